The van der Waals surface area contributed by atoms with Crippen LogP contribution >= 0.6 is 0 Å². The van der Waals surface area contributed by atoms with E-state index in [4.69, 9.17) is 5.73 Å². The molecule has 1 fully saturated rings. The zero-order chi connectivity index (χ0) is 9.19. The summed E-state index contributed by atoms with van der Waals surface area (Å²) in [7, 11) is 0. The molecular weight excluding hydrogens is 148 g/mol. The zero-order valence-electron chi connectivity index (χ0n) is 8.56. The van der Waals surface area contributed by atoms with Crippen molar-refractivity contribution in [2.24, 2.45) is 17.1 Å². The summed E-state index contributed by atoms with van der Waals surface area (Å²) in [5, 5.41) is 3.45. The molecule has 1 heterocycles. The van der Waals surface area contributed by atoms with Crippen LogP contribution < -0.4 is 11.1 Å². The van der Waals surface area contributed by atoms with E-state index in [1.54, 1.807) is 0 Å². The molecule has 2 heteroatoms. The number of nitrogens with two attached hydrogens (primary N) is 1. The van der Waals surface area contributed by atoms with Gasteiger partial charge in [-0.15, -0.1) is 0 Å². The standard InChI is InChI=1S/C10H22N2/c1-10(2,3)8-4-5-12-9(6-8)7-11/h8-9,12H,4-7,11H2,1-3H3/t8-,9+/m0/s1. The maximum absolute atomic E-state index is 5.65. The van der Waals surface area contributed by atoms with Crippen molar-refractivity contribution >= 4 is 0 Å². The molecule has 1 saturated heterocycles. The van der Waals surface area contributed by atoms with Gasteiger partial charge < -0.3 is 11.1 Å². The highest BCUT2D eigenvalue weighted by Gasteiger charge is 2.29. The molecule has 1 aliphatic rings. The molecule has 2 nitrogen and oxygen atoms in total. The van der Waals surface area contributed by atoms with Crippen LogP contribution in [0.5, 0.6) is 0 Å². The van der Waals surface area contributed by atoms with E-state index < -0.39 is 0 Å². The van der Waals surface area contributed by atoms with Crippen LogP contribution in [0.15, 0.2) is 0 Å². The largest absolute Gasteiger partial charge is 0.329 e. The van der Waals surface area contributed by atoms with Gasteiger partial charge in [-0.25, -0.2) is 0 Å². The first-order valence-corrected chi connectivity index (χ1v) is 4.97. The fourth-order valence-corrected chi connectivity index (χ4v) is 1.97. The molecule has 3 N–H and O–H groups in total. The van der Waals surface area contributed by atoms with Crippen molar-refractivity contribution in [2.75, 3.05) is 13.1 Å². The molecule has 12 heavy (non-hydrogen) atoms. The van der Waals surface area contributed by atoms with Crippen LogP contribution in [0.25, 0.3) is 0 Å². The Bertz CT molecular complexity index is 137. The number of hydrogen-bond acceptors (Lipinski definition) is 2. The lowest BCUT2D eigenvalue weighted by atomic mass is 9.74. The van der Waals surface area contributed by atoms with Crippen molar-refractivity contribution in [3.05, 3.63) is 0 Å². The molecule has 1 aliphatic heterocycles. The molecule has 0 unspecified atom stereocenters. The van der Waals surface area contributed by atoms with Gasteiger partial charge >= 0.3 is 0 Å². The molecule has 0 spiro atoms. The summed E-state index contributed by atoms with van der Waals surface area (Å²) in [6.45, 7) is 8.92. The SMILES string of the molecule is CC(C)(C)[C@H]1CCN[C@@H](CN)C1. The summed E-state index contributed by atoms with van der Waals surface area (Å²) >= 11 is 0. The van der Waals surface area contributed by atoms with Gasteiger partial charge in [-0.3, -0.25) is 0 Å². The van der Waals surface area contributed by atoms with E-state index in [-0.39, 0.29) is 0 Å². The molecule has 72 valence electrons. The minimum Gasteiger partial charge on any atom is -0.329 e. The van der Waals surface area contributed by atoms with Crippen molar-refractivity contribution in [2.45, 2.75) is 39.7 Å². The summed E-state index contributed by atoms with van der Waals surface area (Å²) < 4.78 is 0. The topological polar surface area (TPSA) is 38.0 Å². The summed E-state index contributed by atoms with van der Waals surface area (Å²) in [4.78, 5) is 0. The molecule has 0 aromatic rings. The predicted molar refractivity (Wildman–Crippen MR) is 53.0 cm³/mol. The van der Waals surface area contributed by atoms with Gasteiger partial charge in [-0.1, -0.05) is 20.8 Å². The Balaban J connectivity index is 2.46. The molecule has 2 atom stereocenters. The third-order valence-electron chi connectivity index (χ3n) is 3.00. The molecule has 0 aliphatic carbocycles. The second-order valence-corrected chi connectivity index (χ2v) is 4.97. The summed E-state index contributed by atoms with van der Waals surface area (Å²) in [6, 6.07) is 0.558. The quantitative estimate of drug-likeness (QED) is 0.623. The van der Waals surface area contributed by atoms with E-state index in [2.05, 4.69) is 26.1 Å². The van der Waals surface area contributed by atoms with Gasteiger partial charge in [0.1, 0.15) is 0 Å². The van der Waals surface area contributed by atoms with Gasteiger partial charge in [0.05, 0.1) is 0 Å². The maximum atomic E-state index is 5.65. The van der Waals surface area contributed by atoms with Gasteiger partial charge in [-0.2, -0.15) is 0 Å². The predicted octanol–water partition coefficient (Wildman–Crippen LogP) is 1.36. The first-order chi connectivity index (χ1) is 5.54. The van der Waals surface area contributed by atoms with Gasteiger partial charge in [0.15, 0.2) is 0 Å². The Hall–Kier alpha value is -0.0800. The third kappa shape index (κ3) is 2.46. The lowest BCUT2D eigenvalue weighted by Gasteiger charge is -2.37. The Morgan fingerprint density at radius 2 is 2.08 bits per heavy atom. The number of rotatable bonds is 1. The number of hydrogen-bond donors (Lipinski definition) is 2. The summed E-state index contributed by atoms with van der Waals surface area (Å²) in [6.07, 6.45) is 2.56. The van der Waals surface area contributed by atoms with E-state index in [0.29, 0.717) is 11.5 Å². The number of piperidine rings is 1. The highest BCUT2D eigenvalue weighted by molar-refractivity contribution is 4.84. The molecule has 0 bridgehead atoms. The van der Waals surface area contributed by atoms with E-state index in [1.165, 1.54) is 12.8 Å². The van der Waals surface area contributed by atoms with E-state index >= 15 is 0 Å². The lowest BCUT2D eigenvalue weighted by Crippen LogP contribution is -2.45. The number of nitrogens with one attached hydrogen (secondary N) is 1. The minimum atomic E-state index is 0.454. The summed E-state index contributed by atoms with van der Waals surface area (Å²) in [5.41, 5.74) is 6.10. The molecule has 1 rings (SSSR count). The maximum Gasteiger partial charge on any atom is 0.0193 e. The molecule has 0 saturated carbocycles. The van der Waals surface area contributed by atoms with Crippen molar-refractivity contribution < 1.29 is 0 Å². The summed E-state index contributed by atoms with van der Waals surface area (Å²) in [5.74, 6) is 0.840. The molecule has 0 amide bonds. The van der Waals surface area contributed by atoms with Crippen LogP contribution in [0.2, 0.25) is 0 Å². The second-order valence-electron chi connectivity index (χ2n) is 4.97. The normalized spacial score (nSPS) is 32.0. The smallest absolute Gasteiger partial charge is 0.0193 e. The van der Waals surface area contributed by atoms with Crippen LogP contribution in [-0.4, -0.2) is 19.1 Å². The highest BCUT2D eigenvalue weighted by atomic mass is 14.9. The lowest BCUT2D eigenvalue weighted by molar-refractivity contribution is 0.162. The van der Waals surface area contributed by atoms with Crippen molar-refractivity contribution in [3.63, 3.8) is 0 Å². The Morgan fingerprint density at radius 3 is 2.58 bits per heavy atom. The van der Waals surface area contributed by atoms with Crippen LogP contribution in [0, 0.1) is 11.3 Å². The van der Waals surface area contributed by atoms with E-state index in [9.17, 15) is 0 Å². The van der Waals surface area contributed by atoms with Gasteiger partial charge in [-0.05, 0) is 30.7 Å². The Labute approximate surface area is 75.9 Å². The fraction of sp³-hybridized carbons (Fsp3) is 1.00. The van der Waals surface area contributed by atoms with Crippen LogP contribution in [0.4, 0.5) is 0 Å². The van der Waals surface area contributed by atoms with Gasteiger partial charge in [0.2, 0.25) is 0 Å². The first-order valence-electron chi connectivity index (χ1n) is 4.97. The van der Waals surface area contributed by atoms with Crippen molar-refractivity contribution in [1.82, 2.24) is 5.32 Å². The Kier molecular flexibility index (Phi) is 3.13. The van der Waals surface area contributed by atoms with Gasteiger partial charge in [0, 0.05) is 12.6 Å². The molecule has 0 radical (unpaired) electrons. The fourth-order valence-electron chi connectivity index (χ4n) is 1.97. The minimum absolute atomic E-state index is 0.454. The van der Waals surface area contributed by atoms with E-state index in [1.807, 2.05) is 0 Å². The monoisotopic (exact) mass is 170 g/mol. The average Bonchev–Trinajstić information content (AvgIpc) is 2.03. The first kappa shape index (κ1) is 10.0. The second kappa shape index (κ2) is 3.75. The van der Waals surface area contributed by atoms with Crippen molar-refractivity contribution in [3.8, 4) is 0 Å². The zero-order valence-corrected chi connectivity index (χ0v) is 8.56. The Morgan fingerprint density at radius 1 is 1.42 bits per heavy atom. The van der Waals surface area contributed by atoms with Gasteiger partial charge in [0.25, 0.3) is 0 Å². The average molecular weight is 170 g/mol. The van der Waals surface area contributed by atoms with Crippen LogP contribution in [0.3, 0.4) is 0 Å². The third-order valence-corrected chi connectivity index (χ3v) is 3.00. The van der Waals surface area contributed by atoms with Crippen LogP contribution in [-0.2, 0) is 0 Å². The van der Waals surface area contributed by atoms with Crippen molar-refractivity contribution in [1.29, 1.82) is 0 Å². The highest BCUT2D eigenvalue weighted by Crippen LogP contribution is 2.33. The molecular formula is C10H22N2. The van der Waals surface area contributed by atoms with Crippen LogP contribution in [0.1, 0.15) is 33.6 Å². The molecule has 0 aromatic heterocycles. The van der Waals surface area contributed by atoms with E-state index in [0.717, 1.165) is 19.0 Å². The molecule has 0 aromatic carbocycles.